The van der Waals surface area contributed by atoms with Crippen LogP contribution in [0.1, 0.15) is 24.4 Å². The SMILES string of the molecule is SCCc1cn2c(n1)CCCC2. The molecule has 2 heterocycles. The number of rotatable bonds is 2. The third-order valence-corrected chi connectivity index (χ3v) is 2.55. The van der Waals surface area contributed by atoms with Gasteiger partial charge >= 0.3 is 0 Å². The number of hydrogen-bond donors (Lipinski definition) is 1. The molecule has 1 aliphatic rings. The average Bonchev–Trinajstić information content (AvgIpc) is 2.47. The molecular weight excluding hydrogens is 168 g/mol. The maximum atomic E-state index is 4.55. The van der Waals surface area contributed by atoms with Crippen molar-refractivity contribution in [1.82, 2.24) is 9.55 Å². The van der Waals surface area contributed by atoms with E-state index in [1.165, 1.54) is 24.4 Å². The van der Waals surface area contributed by atoms with E-state index >= 15 is 0 Å². The molecule has 2 rings (SSSR count). The van der Waals surface area contributed by atoms with Crippen LogP contribution in [0.2, 0.25) is 0 Å². The maximum absolute atomic E-state index is 4.55. The zero-order valence-corrected chi connectivity index (χ0v) is 8.06. The Kier molecular flexibility index (Phi) is 2.40. The van der Waals surface area contributed by atoms with Crippen molar-refractivity contribution in [3.63, 3.8) is 0 Å². The Hall–Kier alpha value is -0.440. The molecule has 0 amide bonds. The van der Waals surface area contributed by atoms with Gasteiger partial charge in [0.25, 0.3) is 0 Å². The lowest BCUT2D eigenvalue weighted by Crippen LogP contribution is -2.08. The summed E-state index contributed by atoms with van der Waals surface area (Å²) < 4.78 is 2.29. The zero-order chi connectivity index (χ0) is 8.39. The minimum Gasteiger partial charge on any atom is -0.335 e. The molecule has 1 aromatic heterocycles. The van der Waals surface area contributed by atoms with Crippen molar-refractivity contribution in [3.05, 3.63) is 17.7 Å². The Morgan fingerprint density at radius 1 is 1.50 bits per heavy atom. The predicted molar refractivity (Wildman–Crippen MR) is 52.7 cm³/mol. The van der Waals surface area contributed by atoms with E-state index in [9.17, 15) is 0 Å². The highest BCUT2D eigenvalue weighted by molar-refractivity contribution is 7.80. The Bertz CT molecular complexity index is 244. The Balaban J connectivity index is 2.20. The molecule has 0 atom stereocenters. The van der Waals surface area contributed by atoms with Crippen molar-refractivity contribution in [2.75, 3.05) is 5.75 Å². The van der Waals surface area contributed by atoms with Crippen molar-refractivity contribution in [1.29, 1.82) is 0 Å². The van der Waals surface area contributed by atoms with Crippen molar-refractivity contribution in [3.8, 4) is 0 Å². The second kappa shape index (κ2) is 3.52. The molecule has 0 saturated carbocycles. The molecular formula is C9H14N2S. The van der Waals surface area contributed by atoms with E-state index in [2.05, 4.69) is 28.4 Å². The second-order valence-electron chi connectivity index (χ2n) is 3.27. The van der Waals surface area contributed by atoms with Crippen LogP contribution in [0.3, 0.4) is 0 Å². The Morgan fingerprint density at radius 2 is 2.42 bits per heavy atom. The van der Waals surface area contributed by atoms with Crippen molar-refractivity contribution >= 4 is 12.6 Å². The quantitative estimate of drug-likeness (QED) is 0.689. The summed E-state index contributed by atoms with van der Waals surface area (Å²) in [6, 6.07) is 0. The number of aryl methyl sites for hydroxylation is 3. The van der Waals surface area contributed by atoms with E-state index in [0.717, 1.165) is 25.1 Å². The molecule has 0 saturated heterocycles. The van der Waals surface area contributed by atoms with Crippen LogP contribution in [0.4, 0.5) is 0 Å². The van der Waals surface area contributed by atoms with Gasteiger partial charge in [-0.2, -0.15) is 12.6 Å². The van der Waals surface area contributed by atoms with Gasteiger partial charge in [0.05, 0.1) is 5.69 Å². The van der Waals surface area contributed by atoms with E-state index in [1.54, 1.807) is 0 Å². The van der Waals surface area contributed by atoms with E-state index in [4.69, 9.17) is 0 Å². The summed E-state index contributed by atoms with van der Waals surface area (Å²) in [6.45, 7) is 1.16. The summed E-state index contributed by atoms with van der Waals surface area (Å²) in [4.78, 5) is 4.55. The molecule has 0 fully saturated rings. The van der Waals surface area contributed by atoms with Crippen LogP contribution in [-0.4, -0.2) is 15.3 Å². The fourth-order valence-corrected chi connectivity index (χ4v) is 1.94. The maximum Gasteiger partial charge on any atom is 0.108 e. The van der Waals surface area contributed by atoms with Gasteiger partial charge in [-0.05, 0) is 18.6 Å². The first-order chi connectivity index (χ1) is 5.90. The van der Waals surface area contributed by atoms with Gasteiger partial charge in [-0.15, -0.1) is 0 Å². The predicted octanol–water partition coefficient (Wildman–Crippen LogP) is 1.69. The van der Waals surface area contributed by atoms with Gasteiger partial charge in [-0.3, -0.25) is 0 Å². The standard InChI is InChI=1S/C9H14N2S/c12-6-4-8-7-11-5-2-1-3-9(11)10-8/h7,12H,1-6H2. The fourth-order valence-electron chi connectivity index (χ4n) is 1.71. The zero-order valence-electron chi connectivity index (χ0n) is 7.16. The van der Waals surface area contributed by atoms with Crippen LogP contribution in [0.5, 0.6) is 0 Å². The highest BCUT2D eigenvalue weighted by Gasteiger charge is 2.10. The molecule has 0 aromatic carbocycles. The lowest BCUT2D eigenvalue weighted by molar-refractivity contribution is 0.522. The number of thiol groups is 1. The highest BCUT2D eigenvalue weighted by atomic mass is 32.1. The first kappa shape index (κ1) is 8.17. The third kappa shape index (κ3) is 1.51. The smallest absolute Gasteiger partial charge is 0.108 e. The van der Waals surface area contributed by atoms with Crippen LogP contribution in [0, 0.1) is 0 Å². The lowest BCUT2D eigenvalue weighted by Gasteiger charge is -2.11. The molecule has 66 valence electrons. The van der Waals surface area contributed by atoms with Crippen LogP contribution in [0.15, 0.2) is 6.20 Å². The van der Waals surface area contributed by atoms with Gasteiger partial charge in [0.15, 0.2) is 0 Å². The first-order valence-corrected chi connectivity index (χ1v) is 5.19. The summed E-state index contributed by atoms with van der Waals surface area (Å²) in [5, 5.41) is 0. The molecule has 2 nitrogen and oxygen atoms in total. The number of hydrogen-bond acceptors (Lipinski definition) is 2. The van der Waals surface area contributed by atoms with Crippen molar-refractivity contribution in [2.45, 2.75) is 32.2 Å². The molecule has 0 N–H and O–H groups in total. The Morgan fingerprint density at radius 3 is 3.17 bits per heavy atom. The van der Waals surface area contributed by atoms with Gasteiger partial charge in [-0.1, -0.05) is 0 Å². The van der Waals surface area contributed by atoms with Crippen LogP contribution < -0.4 is 0 Å². The summed E-state index contributed by atoms with van der Waals surface area (Å²) in [6.07, 6.45) is 6.96. The molecule has 0 bridgehead atoms. The summed E-state index contributed by atoms with van der Waals surface area (Å²) in [5.41, 5.74) is 1.21. The number of fused-ring (bicyclic) bond motifs is 1. The van der Waals surface area contributed by atoms with Crippen molar-refractivity contribution in [2.24, 2.45) is 0 Å². The van der Waals surface area contributed by atoms with E-state index in [0.29, 0.717) is 0 Å². The van der Waals surface area contributed by atoms with Gasteiger partial charge in [0, 0.05) is 25.6 Å². The molecule has 1 aliphatic heterocycles. The fraction of sp³-hybridized carbons (Fsp3) is 0.667. The third-order valence-electron chi connectivity index (χ3n) is 2.33. The van der Waals surface area contributed by atoms with E-state index < -0.39 is 0 Å². The first-order valence-electron chi connectivity index (χ1n) is 4.56. The molecule has 0 unspecified atom stereocenters. The summed E-state index contributed by atoms with van der Waals surface area (Å²) in [7, 11) is 0. The molecule has 12 heavy (non-hydrogen) atoms. The molecule has 0 radical (unpaired) electrons. The second-order valence-corrected chi connectivity index (χ2v) is 3.72. The number of nitrogens with zero attached hydrogens (tertiary/aromatic N) is 2. The van der Waals surface area contributed by atoms with Gasteiger partial charge in [0.2, 0.25) is 0 Å². The summed E-state index contributed by atoms with van der Waals surface area (Å²) >= 11 is 4.20. The lowest BCUT2D eigenvalue weighted by atomic mass is 10.2. The molecule has 1 aromatic rings. The van der Waals surface area contributed by atoms with Gasteiger partial charge in [-0.25, -0.2) is 4.98 Å². The largest absolute Gasteiger partial charge is 0.335 e. The van der Waals surface area contributed by atoms with E-state index in [-0.39, 0.29) is 0 Å². The average molecular weight is 182 g/mol. The number of imidazole rings is 1. The minimum absolute atomic E-state index is 0.899. The monoisotopic (exact) mass is 182 g/mol. The molecule has 0 spiro atoms. The summed E-state index contributed by atoms with van der Waals surface area (Å²) in [5.74, 6) is 2.18. The normalized spacial score (nSPS) is 16.1. The van der Waals surface area contributed by atoms with Crippen molar-refractivity contribution < 1.29 is 0 Å². The minimum atomic E-state index is 0.899. The van der Waals surface area contributed by atoms with Crippen LogP contribution in [-0.2, 0) is 19.4 Å². The van der Waals surface area contributed by atoms with E-state index in [1.807, 2.05) is 0 Å². The van der Waals surface area contributed by atoms with Gasteiger partial charge < -0.3 is 4.57 Å². The van der Waals surface area contributed by atoms with Gasteiger partial charge in [0.1, 0.15) is 5.82 Å². The van der Waals surface area contributed by atoms with Crippen LogP contribution >= 0.6 is 12.6 Å². The number of aromatic nitrogens is 2. The topological polar surface area (TPSA) is 17.8 Å². The molecule has 3 heteroatoms. The molecule has 0 aliphatic carbocycles. The Labute approximate surface area is 78.4 Å². The highest BCUT2D eigenvalue weighted by Crippen LogP contribution is 2.14. The van der Waals surface area contributed by atoms with Crippen LogP contribution in [0.25, 0.3) is 0 Å².